The predicted octanol–water partition coefficient (Wildman–Crippen LogP) is 4.96. The highest BCUT2D eigenvalue weighted by Crippen LogP contribution is 2.27. The number of nitro benzene ring substituents is 1. The predicted molar refractivity (Wildman–Crippen MR) is 119 cm³/mol. The number of nitrogens with one attached hydrogen (secondary N) is 1. The van der Waals surface area contributed by atoms with E-state index in [0.717, 1.165) is 11.1 Å². The zero-order chi connectivity index (χ0) is 22.4. The molecule has 0 aromatic heterocycles. The van der Waals surface area contributed by atoms with Crippen molar-refractivity contribution in [1.82, 2.24) is 4.90 Å². The van der Waals surface area contributed by atoms with Gasteiger partial charge in [-0.1, -0.05) is 48.5 Å². The zero-order valence-electron chi connectivity index (χ0n) is 17.3. The molecule has 0 spiro atoms. The number of non-ortho nitro benzene ring substituents is 1. The molecule has 1 N–H and O–H groups in total. The number of nitro groups is 1. The number of hydrogen-bond acceptors (Lipinski definition) is 4. The summed E-state index contributed by atoms with van der Waals surface area (Å²) in [5, 5.41) is 13.9. The number of benzene rings is 3. The third-order valence-corrected chi connectivity index (χ3v) is 4.92. The van der Waals surface area contributed by atoms with Crippen molar-refractivity contribution in [3.8, 4) is 0 Å². The Morgan fingerprint density at radius 2 is 1.71 bits per heavy atom. The van der Waals surface area contributed by atoms with E-state index in [4.69, 9.17) is 0 Å². The van der Waals surface area contributed by atoms with E-state index in [-0.39, 0.29) is 29.1 Å². The Bertz CT molecular complexity index is 1100. The molecule has 0 aliphatic carbocycles. The van der Waals surface area contributed by atoms with Crippen LogP contribution in [0.1, 0.15) is 41.4 Å². The van der Waals surface area contributed by atoms with Crippen molar-refractivity contribution in [3.05, 3.63) is 106 Å². The molecule has 0 heterocycles. The first-order valence-electron chi connectivity index (χ1n) is 9.82. The van der Waals surface area contributed by atoms with Crippen molar-refractivity contribution in [2.75, 3.05) is 5.32 Å². The largest absolute Gasteiger partial charge is 0.328 e. The van der Waals surface area contributed by atoms with E-state index in [1.54, 1.807) is 17.0 Å². The normalized spacial score (nSPS) is 11.4. The van der Waals surface area contributed by atoms with Crippen LogP contribution in [0.2, 0.25) is 0 Å². The first-order valence-corrected chi connectivity index (χ1v) is 9.82. The van der Waals surface area contributed by atoms with Crippen molar-refractivity contribution >= 4 is 23.2 Å². The lowest BCUT2D eigenvalue weighted by molar-refractivity contribution is -0.384. The number of nitrogens with zero attached hydrogens (tertiary/aromatic N) is 2. The zero-order valence-corrected chi connectivity index (χ0v) is 17.3. The molecule has 0 fully saturated rings. The summed E-state index contributed by atoms with van der Waals surface area (Å²) >= 11 is 0. The molecular formula is C24H23N3O4. The second-order valence-electron chi connectivity index (χ2n) is 7.21. The summed E-state index contributed by atoms with van der Waals surface area (Å²) in [6, 6.07) is 22.2. The van der Waals surface area contributed by atoms with Gasteiger partial charge in [0.15, 0.2) is 0 Å². The molecule has 7 heteroatoms. The number of hydrogen-bond donors (Lipinski definition) is 1. The molecule has 158 valence electrons. The SMILES string of the molecule is CC(=O)Nc1cccc(C(C)N(Cc2ccccc2)C(=O)c2cccc([N+](=O)[O-])c2)c1. The van der Waals surface area contributed by atoms with E-state index >= 15 is 0 Å². The summed E-state index contributed by atoms with van der Waals surface area (Å²) in [5.74, 6) is -0.497. The van der Waals surface area contributed by atoms with Crippen molar-refractivity contribution < 1.29 is 14.5 Å². The Morgan fingerprint density at radius 1 is 1.00 bits per heavy atom. The summed E-state index contributed by atoms with van der Waals surface area (Å²) in [4.78, 5) is 37.2. The van der Waals surface area contributed by atoms with E-state index in [9.17, 15) is 19.7 Å². The number of anilines is 1. The Morgan fingerprint density at radius 3 is 2.39 bits per heavy atom. The van der Waals surface area contributed by atoms with Gasteiger partial charge in [-0.15, -0.1) is 0 Å². The van der Waals surface area contributed by atoms with E-state index in [1.165, 1.54) is 25.1 Å². The molecule has 0 radical (unpaired) electrons. The van der Waals surface area contributed by atoms with Crippen LogP contribution >= 0.6 is 0 Å². The highest BCUT2D eigenvalue weighted by atomic mass is 16.6. The van der Waals surface area contributed by atoms with Gasteiger partial charge in [-0.25, -0.2) is 0 Å². The van der Waals surface area contributed by atoms with Gasteiger partial charge in [0.2, 0.25) is 5.91 Å². The first-order chi connectivity index (χ1) is 14.8. The molecule has 3 rings (SSSR count). The summed E-state index contributed by atoms with van der Waals surface area (Å²) in [6.07, 6.45) is 0. The first kappa shape index (κ1) is 21.7. The lowest BCUT2D eigenvalue weighted by atomic mass is 10.0. The van der Waals surface area contributed by atoms with Crippen LogP contribution in [0.3, 0.4) is 0 Å². The monoisotopic (exact) mass is 417 g/mol. The topological polar surface area (TPSA) is 92.6 Å². The number of amides is 2. The molecule has 7 nitrogen and oxygen atoms in total. The van der Waals surface area contributed by atoms with Gasteiger partial charge in [0.25, 0.3) is 11.6 Å². The summed E-state index contributed by atoms with van der Waals surface area (Å²) in [6.45, 7) is 3.66. The second kappa shape index (κ2) is 9.67. The lowest BCUT2D eigenvalue weighted by Crippen LogP contribution is -2.33. The lowest BCUT2D eigenvalue weighted by Gasteiger charge is -2.30. The molecule has 0 aliphatic heterocycles. The van der Waals surface area contributed by atoms with Crippen LogP contribution in [0.25, 0.3) is 0 Å². The second-order valence-corrected chi connectivity index (χ2v) is 7.21. The van der Waals surface area contributed by atoms with Gasteiger partial charge in [0.05, 0.1) is 11.0 Å². The average molecular weight is 417 g/mol. The fourth-order valence-corrected chi connectivity index (χ4v) is 3.34. The van der Waals surface area contributed by atoms with E-state index in [0.29, 0.717) is 12.2 Å². The fourth-order valence-electron chi connectivity index (χ4n) is 3.34. The maximum Gasteiger partial charge on any atom is 0.270 e. The highest BCUT2D eigenvalue weighted by Gasteiger charge is 2.24. The molecule has 1 atom stereocenters. The smallest absolute Gasteiger partial charge is 0.270 e. The van der Waals surface area contributed by atoms with Crippen LogP contribution in [0.4, 0.5) is 11.4 Å². The van der Waals surface area contributed by atoms with Gasteiger partial charge in [0.1, 0.15) is 0 Å². The molecule has 0 aliphatic rings. The molecule has 0 saturated carbocycles. The van der Waals surface area contributed by atoms with E-state index in [2.05, 4.69) is 5.32 Å². The Balaban J connectivity index is 1.98. The molecule has 1 unspecified atom stereocenters. The molecular weight excluding hydrogens is 394 g/mol. The fraction of sp³-hybridized carbons (Fsp3) is 0.167. The quantitative estimate of drug-likeness (QED) is 0.434. The summed E-state index contributed by atoms with van der Waals surface area (Å²) < 4.78 is 0. The van der Waals surface area contributed by atoms with Crippen molar-refractivity contribution in [1.29, 1.82) is 0 Å². The molecule has 3 aromatic rings. The number of carbonyl (C=O) groups excluding carboxylic acids is 2. The van der Waals surface area contributed by atoms with Gasteiger partial charge in [-0.05, 0) is 36.2 Å². The van der Waals surface area contributed by atoms with Gasteiger partial charge < -0.3 is 10.2 Å². The minimum Gasteiger partial charge on any atom is -0.328 e. The van der Waals surface area contributed by atoms with Crippen LogP contribution in [0.5, 0.6) is 0 Å². The Hall–Kier alpha value is -4.00. The van der Waals surface area contributed by atoms with Crippen LogP contribution < -0.4 is 5.32 Å². The average Bonchev–Trinajstić information content (AvgIpc) is 2.77. The molecule has 0 saturated heterocycles. The summed E-state index contributed by atoms with van der Waals surface area (Å²) in [7, 11) is 0. The molecule has 3 aromatic carbocycles. The standard InChI is InChI=1S/C24H23N3O4/c1-17(20-10-6-12-22(14-20)25-18(2)28)26(16-19-8-4-3-5-9-19)24(29)21-11-7-13-23(15-21)27(30)31/h3-15,17H,16H2,1-2H3,(H,25,28). The highest BCUT2D eigenvalue weighted by molar-refractivity contribution is 5.95. The van der Waals surface area contributed by atoms with Crippen LogP contribution in [-0.4, -0.2) is 21.6 Å². The van der Waals surface area contributed by atoms with Gasteiger partial charge in [0, 0.05) is 36.9 Å². The minimum absolute atomic E-state index is 0.134. The maximum atomic E-state index is 13.4. The van der Waals surface area contributed by atoms with Crippen molar-refractivity contribution in [2.24, 2.45) is 0 Å². The summed E-state index contributed by atoms with van der Waals surface area (Å²) in [5.41, 5.74) is 2.52. The van der Waals surface area contributed by atoms with Gasteiger partial charge >= 0.3 is 0 Å². The third-order valence-electron chi connectivity index (χ3n) is 4.92. The number of rotatable bonds is 7. The van der Waals surface area contributed by atoms with Crippen molar-refractivity contribution in [2.45, 2.75) is 26.4 Å². The molecule has 0 bridgehead atoms. The maximum absolute atomic E-state index is 13.4. The van der Waals surface area contributed by atoms with E-state index in [1.807, 2.05) is 55.5 Å². The van der Waals surface area contributed by atoms with Crippen LogP contribution in [0.15, 0.2) is 78.9 Å². The molecule has 2 amide bonds. The van der Waals surface area contributed by atoms with Gasteiger partial charge in [-0.3, -0.25) is 19.7 Å². The van der Waals surface area contributed by atoms with E-state index < -0.39 is 4.92 Å². The van der Waals surface area contributed by atoms with Crippen molar-refractivity contribution in [3.63, 3.8) is 0 Å². The molecule has 31 heavy (non-hydrogen) atoms. The van der Waals surface area contributed by atoms with Crippen LogP contribution in [0, 0.1) is 10.1 Å². The Kier molecular flexibility index (Phi) is 6.77. The minimum atomic E-state index is -0.515. The Labute approximate surface area is 180 Å². The van der Waals surface area contributed by atoms with Crippen LogP contribution in [-0.2, 0) is 11.3 Å². The third kappa shape index (κ3) is 5.54. The van der Waals surface area contributed by atoms with Gasteiger partial charge in [-0.2, -0.15) is 0 Å². The number of carbonyl (C=O) groups is 2.